The molecule has 3 rings (SSSR count). The SMILES string of the molecule is Cc1ccc(COC(=O)Cn2c(=O)oc3ccccc32)cc1. The topological polar surface area (TPSA) is 61.4 Å². The summed E-state index contributed by atoms with van der Waals surface area (Å²) in [6.07, 6.45) is 0. The molecule has 0 saturated heterocycles. The van der Waals surface area contributed by atoms with Crippen LogP contribution >= 0.6 is 0 Å². The molecule has 0 aliphatic rings. The van der Waals surface area contributed by atoms with Gasteiger partial charge in [-0.15, -0.1) is 0 Å². The summed E-state index contributed by atoms with van der Waals surface area (Å²) in [5, 5.41) is 0. The van der Waals surface area contributed by atoms with Crippen molar-refractivity contribution in [2.45, 2.75) is 20.1 Å². The summed E-state index contributed by atoms with van der Waals surface area (Å²) in [4.78, 5) is 23.7. The van der Waals surface area contributed by atoms with E-state index in [9.17, 15) is 9.59 Å². The molecule has 22 heavy (non-hydrogen) atoms. The number of esters is 1. The largest absolute Gasteiger partial charge is 0.459 e. The lowest BCUT2D eigenvalue weighted by molar-refractivity contribution is -0.145. The van der Waals surface area contributed by atoms with Crippen molar-refractivity contribution in [1.82, 2.24) is 4.57 Å². The second-order valence-electron chi connectivity index (χ2n) is 5.07. The number of hydrogen-bond acceptors (Lipinski definition) is 4. The van der Waals surface area contributed by atoms with E-state index < -0.39 is 11.7 Å². The van der Waals surface area contributed by atoms with E-state index in [1.165, 1.54) is 4.57 Å². The molecular formula is C17H15NO4. The van der Waals surface area contributed by atoms with E-state index >= 15 is 0 Å². The maximum absolute atomic E-state index is 11.9. The van der Waals surface area contributed by atoms with Gasteiger partial charge in [0.05, 0.1) is 5.52 Å². The molecule has 2 aromatic carbocycles. The Morgan fingerprint density at radius 3 is 2.64 bits per heavy atom. The minimum absolute atomic E-state index is 0.165. The molecule has 5 heteroatoms. The number of oxazole rings is 1. The Balaban J connectivity index is 1.69. The first-order valence-corrected chi connectivity index (χ1v) is 6.93. The lowest BCUT2D eigenvalue weighted by atomic mass is 10.2. The second kappa shape index (κ2) is 5.89. The molecule has 5 nitrogen and oxygen atoms in total. The molecule has 1 heterocycles. The molecule has 0 N–H and O–H groups in total. The smallest absolute Gasteiger partial charge is 0.420 e. The number of para-hydroxylation sites is 2. The van der Waals surface area contributed by atoms with Crippen LogP contribution in [0.5, 0.6) is 0 Å². The minimum atomic E-state index is -0.562. The maximum atomic E-state index is 11.9. The first-order chi connectivity index (χ1) is 10.6. The van der Waals surface area contributed by atoms with E-state index in [2.05, 4.69) is 0 Å². The number of carbonyl (C=O) groups is 1. The van der Waals surface area contributed by atoms with Crippen molar-refractivity contribution in [1.29, 1.82) is 0 Å². The Hall–Kier alpha value is -2.82. The fourth-order valence-electron chi connectivity index (χ4n) is 2.19. The Labute approximate surface area is 126 Å². The van der Waals surface area contributed by atoms with Crippen molar-refractivity contribution >= 4 is 17.1 Å². The highest BCUT2D eigenvalue weighted by Gasteiger charge is 2.13. The molecule has 0 spiro atoms. The van der Waals surface area contributed by atoms with Crippen LogP contribution < -0.4 is 5.76 Å². The van der Waals surface area contributed by atoms with Gasteiger partial charge < -0.3 is 9.15 Å². The lowest BCUT2D eigenvalue weighted by Gasteiger charge is -2.05. The summed E-state index contributed by atoms with van der Waals surface area (Å²) >= 11 is 0. The molecule has 0 radical (unpaired) electrons. The van der Waals surface area contributed by atoms with Gasteiger partial charge in [-0.05, 0) is 24.6 Å². The van der Waals surface area contributed by atoms with E-state index in [-0.39, 0.29) is 13.2 Å². The van der Waals surface area contributed by atoms with Crippen molar-refractivity contribution in [3.8, 4) is 0 Å². The zero-order valence-corrected chi connectivity index (χ0v) is 12.1. The van der Waals surface area contributed by atoms with Gasteiger partial charge in [-0.3, -0.25) is 9.36 Å². The van der Waals surface area contributed by atoms with E-state index in [1.54, 1.807) is 24.3 Å². The van der Waals surface area contributed by atoms with Crippen LogP contribution in [-0.2, 0) is 22.7 Å². The van der Waals surface area contributed by atoms with Crippen molar-refractivity contribution < 1.29 is 13.9 Å². The summed E-state index contributed by atoms with van der Waals surface area (Å²) < 4.78 is 11.6. The van der Waals surface area contributed by atoms with Gasteiger partial charge in [0.1, 0.15) is 13.2 Å². The van der Waals surface area contributed by atoms with Crippen LogP contribution in [0.3, 0.4) is 0 Å². The highest BCUT2D eigenvalue weighted by Crippen LogP contribution is 2.12. The highest BCUT2D eigenvalue weighted by molar-refractivity contribution is 5.76. The number of aryl methyl sites for hydroxylation is 1. The molecule has 0 bridgehead atoms. The second-order valence-corrected chi connectivity index (χ2v) is 5.07. The van der Waals surface area contributed by atoms with Crippen LogP contribution in [0.2, 0.25) is 0 Å². The third-order valence-corrected chi connectivity index (χ3v) is 3.38. The fraction of sp³-hybridized carbons (Fsp3) is 0.176. The van der Waals surface area contributed by atoms with Gasteiger partial charge in [-0.2, -0.15) is 0 Å². The number of hydrogen-bond donors (Lipinski definition) is 0. The monoisotopic (exact) mass is 297 g/mol. The average Bonchev–Trinajstić information content (AvgIpc) is 2.83. The van der Waals surface area contributed by atoms with E-state index in [0.717, 1.165) is 11.1 Å². The molecule has 0 unspecified atom stereocenters. The summed E-state index contributed by atoms with van der Waals surface area (Å²) in [5.41, 5.74) is 3.09. The van der Waals surface area contributed by atoms with E-state index in [1.807, 2.05) is 31.2 Å². The number of aromatic nitrogens is 1. The quantitative estimate of drug-likeness (QED) is 0.695. The van der Waals surface area contributed by atoms with Crippen molar-refractivity contribution in [2.75, 3.05) is 0 Å². The maximum Gasteiger partial charge on any atom is 0.420 e. The predicted octanol–water partition coefficient (Wildman–Crippen LogP) is 2.65. The number of ether oxygens (including phenoxy) is 1. The molecular weight excluding hydrogens is 282 g/mol. The van der Waals surface area contributed by atoms with Crippen molar-refractivity contribution in [3.05, 3.63) is 70.2 Å². The Morgan fingerprint density at radius 1 is 1.14 bits per heavy atom. The fourth-order valence-corrected chi connectivity index (χ4v) is 2.19. The molecule has 3 aromatic rings. The Bertz CT molecular complexity index is 858. The predicted molar refractivity (Wildman–Crippen MR) is 81.4 cm³/mol. The van der Waals surface area contributed by atoms with Crippen LogP contribution in [0.1, 0.15) is 11.1 Å². The Morgan fingerprint density at radius 2 is 1.86 bits per heavy atom. The Kier molecular flexibility index (Phi) is 3.78. The average molecular weight is 297 g/mol. The summed E-state index contributed by atoms with van der Waals surface area (Å²) in [6.45, 7) is 2.01. The normalized spacial score (nSPS) is 10.8. The first-order valence-electron chi connectivity index (χ1n) is 6.93. The molecule has 112 valence electrons. The number of fused-ring (bicyclic) bond motifs is 1. The van der Waals surface area contributed by atoms with Gasteiger partial charge >= 0.3 is 11.7 Å². The van der Waals surface area contributed by atoms with Crippen LogP contribution in [0.4, 0.5) is 0 Å². The minimum Gasteiger partial charge on any atom is -0.459 e. The summed E-state index contributed by atoms with van der Waals surface area (Å²) in [7, 11) is 0. The first kappa shape index (κ1) is 14.1. The number of rotatable bonds is 4. The van der Waals surface area contributed by atoms with Crippen LogP contribution in [0.25, 0.3) is 11.1 Å². The standard InChI is InChI=1S/C17H15NO4/c1-12-6-8-13(9-7-12)11-21-16(19)10-18-14-4-2-3-5-15(14)22-17(18)20/h2-9H,10-11H2,1H3. The summed E-state index contributed by atoms with van der Waals surface area (Å²) in [5.74, 6) is -1.04. The van der Waals surface area contributed by atoms with Crippen LogP contribution in [0.15, 0.2) is 57.7 Å². The molecule has 0 atom stereocenters. The number of benzene rings is 2. The van der Waals surface area contributed by atoms with E-state index in [4.69, 9.17) is 9.15 Å². The van der Waals surface area contributed by atoms with Crippen molar-refractivity contribution in [2.24, 2.45) is 0 Å². The van der Waals surface area contributed by atoms with Gasteiger partial charge in [-0.1, -0.05) is 42.0 Å². The number of nitrogens with zero attached hydrogens (tertiary/aromatic N) is 1. The van der Waals surface area contributed by atoms with Gasteiger partial charge in [0.15, 0.2) is 5.58 Å². The zero-order chi connectivity index (χ0) is 15.5. The lowest BCUT2D eigenvalue weighted by Crippen LogP contribution is -2.21. The highest BCUT2D eigenvalue weighted by atomic mass is 16.5. The van der Waals surface area contributed by atoms with Gasteiger partial charge in [0.25, 0.3) is 0 Å². The molecule has 0 fully saturated rings. The van der Waals surface area contributed by atoms with Crippen LogP contribution in [0, 0.1) is 6.92 Å². The zero-order valence-electron chi connectivity index (χ0n) is 12.1. The van der Waals surface area contributed by atoms with Gasteiger partial charge in [-0.25, -0.2) is 4.79 Å². The molecule has 1 aromatic heterocycles. The molecule has 0 saturated carbocycles. The van der Waals surface area contributed by atoms with Gasteiger partial charge in [0.2, 0.25) is 0 Å². The van der Waals surface area contributed by atoms with Crippen LogP contribution in [-0.4, -0.2) is 10.5 Å². The third kappa shape index (κ3) is 2.93. The van der Waals surface area contributed by atoms with Crippen molar-refractivity contribution in [3.63, 3.8) is 0 Å². The number of carbonyl (C=O) groups excluding carboxylic acids is 1. The van der Waals surface area contributed by atoms with E-state index in [0.29, 0.717) is 11.1 Å². The molecule has 0 amide bonds. The third-order valence-electron chi connectivity index (χ3n) is 3.38. The van der Waals surface area contributed by atoms with Gasteiger partial charge in [0, 0.05) is 0 Å². The molecule has 0 aliphatic heterocycles. The summed E-state index contributed by atoms with van der Waals surface area (Å²) in [6, 6.07) is 14.7. The molecule has 0 aliphatic carbocycles.